The minimum atomic E-state index is -0.514. The van der Waals surface area contributed by atoms with Crippen LogP contribution in [0.2, 0.25) is 5.02 Å². The predicted molar refractivity (Wildman–Crippen MR) is 139 cm³/mol. The minimum absolute atomic E-state index is 0.0238. The van der Waals surface area contributed by atoms with Crippen LogP contribution in [0.5, 0.6) is 0 Å². The number of ketones is 1. The van der Waals surface area contributed by atoms with Crippen molar-refractivity contribution in [3.63, 3.8) is 0 Å². The number of nitrogens with one attached hydrogen (secondary N) is 3. The molecule has 3 rings (SSSR count). The first kappa shape index (κ1) is 26.6. The molecule has 1 aromatic carbocycles. The molecule has 9 heteroatoms. The molecule has 8 nitrogen and oxygen atoms in total. The molecule has 2 heterocycles. The third-order valence-electron chi connectivity index (χ3n) is 5.90. The maximum atomic E-state index is 12.7. The number of amides is 1. The van der Waals surface area contributed by atoms with Gasteiger partial charge in [-0.05, 0) is 47.1 Å². The summed E-state index contributed by atoms with van der Waals surface area (Å²) in [4.78, 5) is 33.6. The molecule has 0 fully saturated rings. The Morgan fingerprint density at radius 1 is 1.23 bits per heavy atom. The highest BCUT2D eigenvalue weighted by Crippen LogP contribution is 2.32. The molecule has 2 atom stereocenters. The zero-order chi connectivity index (χ0) is 25.6. The van der Waals surface area contributed by atoms with E-state index in [1.54, 1.807) is 12.3 Å². The quantitative estimate of drug-likeness (QED) is 0.440. The molecule has 0 aliphatic carbocycles. The Bertz CT molecular complexity index is 1100. The lowest BCUT2D eigenvalue weighted by Gasteiger charge is -2.23. The van der Waals surface area contributed by atoms with E-state index in [0.717, 1.165) is 17.5 Å². The number of hydrogen-bond acceptors (Lipinski definition) is 7. The summed E-state index contributed by atoms with van der Waals surface area (Å²) >= 11 is 6.37. The molecule has 1 aliphatic heterocycles. The molecule has 0 bridgehead atoms. The van der Waals surface area contributed by atoms with Crippen molar-refractivity contribution in [2.75, 3.05) is 25.0 Å². The van der Waals surface area contributed by atoms with Gasteiger partial charge in [0.25, 0.3) is 5.91 Å². The van der Waals surface area contributed by atoms with E-state index in [-0.39, 0.29) is 29.6 Å². The van der Waals surface area contributed by atoms with E-state index in [9.17, 15) is 14.7 Å². The third kappa shape index (κ3) is 7.77. The van der Waals surface area contributed by atoms with Gasteiger partial charge < -0.3 is 21.1 Å². The number of halogens is 1. The fraction of sp³-hybridized carbons (Fsp3) is 0.462. The van der Waals surface area contributed by atoms with Crippen LogP contribution in [0.3, 0.4) is 0 Å². The lowest BCUT2D eigenvalue weighted by Crippen LogP contribution is -2.42. The number of benzene rings is 1. The van der Waals surface area contributed by atoms with Gasteiger partial charge >= 0.3 is 0 Å². The van der Waals surface area contributed by atoms with Crippen LogP contribution >= 0.6 is 11.6 Å². The topological polar surface area (TPSA) is 116 Å². The number of pyridine rings is 1. The molecule has 4 N–H and O–H groups in total. The summed E-state index contributed by atoms with van der Waals surface area (Å²) in [5.41, 5.74) is 3.03. The third-order valence-corrected chi connectivity index (χ3v) is 6.12. The van der Waals surface area contributed by atoms with Crippen LogP contribution in [-0.2, 0) is 10.2 Å². The van der Waals surface area contributed by atoms with Crippen LogP contribution in [0.1, 0.15) is 67.9 Å². The number of nitrogens with zero attached hydrogens (tertiary/aromatic N) is 2. The van der Waals surface area contributed by atoms with Crippen LogP contribution in [-0.4, -0.2) is 53.5 Å². The van der Waals surface area contributed by atoms with Crippen molar-refractivity contribution in [1.29, 1.82) is 0 Å². The van der Waals surface area contributed by atoms with Crippen LogP contribution < -0.4 is 16.0 Å². The summed E-state index contributed by atoms with van der Waals surface area (Å²) in [6, 6.07) is 7.66. The fourth-order valence-corrected chi connectivity index (χ4v) is 4.03. The van der Waals surface area contributed by atoms with Crippen molar-refractivity contribution in [3.05, 3.63) is 58.4 Å². The van der Waals surface area contributed by atoms with E-state index in [4.69, 9.17) is 11.6 Å². The summed E-state index contributed by atoms with van der Waals surface area (Å²) in [7, 11) is 0. The van der Waals surface area contributed by atoms with Gasteiger partial charge in [-0.15, -0.1) is 0 Å². The van der Waals surface area contributed by atoms with E-state index in [1.165, 1.54) is 6.20 Å². The number of aliphatic hydroxyl groups excluding tert-OH is 1. The summed E-state index contributed by atoms with van der Waals surface area (Å²) in [5.74, 6) is 0.0973. The highest BCUT2D eigenvalue weighted by molar-refractivity contribution is 6.30. The van der Waals surface area contributed by atoms with Gasteiger partial charge in [-0.2, -0.15) is 0 Å². The van der Waals surface area contributed by atoms with E-state index >= 15 is 0 Å². The first-order valence-electron chi connectivity index (χ1n) is 11.8. The zero-order valence-electron chi connectivity index (χ0n) is 20.7. The fourth-order valence-electron chi connectivity index (χ4n) is 3.79. The van der Waals surface area contributed by atoms with E-state index in [0.29, 0.717) is 41.7 Å². The second-order valence-electron chi connectivity index (χ2n) is 9.87. The molecule has 1 aliphatic rings. The first-order valence-corrected chi connectivity index (χ1v) is 12.2. The molecular formula is C26H34ClN5O3. The summed E-state index contributed by atoms with van der Waals surface area (Å²) in [6.07, 6.45) is 3.60. The Balaban J connectivity index is 1.58. The SMILES string of the molecule is CC[C@H](CC(=O)CNC(=O)c1cncc(NC2=NCC(O)CN2)c1)c1cc(Cl)cc(C(C)(C)C)c1. The summed E-state index contributed by atoms with van der Waals surface area (Å²) in [5, 5.41) is 18.9. The number of guanidine groups is 1. The van der Waals surface area contributed by atoms with Gasteiger partial charge in [0.2, 0.25) is 0 Å². The number of aromatic nitrogens is 1. The average Bonchev–Trinajstić information content (AvgIpc) is 2.81. The molecular weight excluding hydrogens is 466 g/mol. The van der Waals surface area contributed by atoms with E-state index < -0.39 is 6.10 Å². The lowest BCUT2D eigenvalue weighted by molar-refractivity contribution is -0.118. The van der Waals surface area contributed by atoms with Gasteiger partial charge in [-0.1, -0.05) is 45.4 Å². The average molecular weight is 500 g/mol. The van der Waals surface area contributed by atoms with Gasteiger partial charge in [0, 0.05) is 24.2 Å². The molecule has 0 spiro atoms. The van der Waals surface area contributed by atoms with Crippen LogP contribution in [0.15, 0.2) is 41.7 Å². The molecule has 188 valence electrons. The number of β-amino-alcohol motifs (C(OH)–C–C–N with tert-alkyl or cyclic N) is 1. The number of Topliss-reactive ketones (excluding diaryl/α,β-unsaturated/α-hetero) is 1. The van der Waals surface area contributed by atoms with Crippen molar-refractivity contribution >= 4 is 34.9 Å². The normalized spacial score (nSPS) is 16.6. The molecule has 2 aromatic rings. The van der Waals surface area contributed by atoms with Crippen molar-refractivity contribution in [2.45, 2.75) is 58.0 Å². The van der Waals surface area contributed by atoms with Crippen molar-refractivity contribution < 1.29 is 14.7 Å². The van der Waals surface area contributed by atoms with Gasteiger partial charge in [-0.25, -0.2) is 0 Å². The Morgan fingerprint density at radius 2 is 2.00 bits per heavy atom. The Hall–Kier alpha value is -2.97. The predicted octanol–water partition coefficient (Wildman–Crippen LogP) is 3.65. The molecule has 0 radical (unpaired) electrons. The Kier molecular flexibility index (Phi) is 8.86. The van der Waals surface area contributed by atoms with E-state index in [1.807, 2.05) is 19.1 Å². The Labute approximate surface area is 211 Å². The van der Waals surface area contributed by atoms with Gasteiger partial charge in [-0.3, -0.25) is 19.6 Å². The molecule has 0 saturated heterocycles. The summed E-state index contributed by atoms with van der Waals surface area (Å²) < 4.78 is 0. The number of aliphatic imine (C=N–C) groups is 1. The molecule has 1 amide bonds. The van der Waals surface area contributed by atoms with Crippen molar-refractivity contribution in [2.24, 2.45) is 4.99 Å². The number of aliphatic hydroxyl groups is 1. The first-order chi connectivity index (χ1) is 16.5. The molecule has 0 saturated carbocycles. The number of hydrogen-bond donors (Lipinski definition) is 4. The van der Waals surface area contributed by atoms with Crippen LogP contribution in [0.25, 0.3) is 0 Å². The number of rotatable bonds is 8. The maximum Gasteiger partial charge on any atom is 0.253 e. The Morgan fingerprint density at radius 3 is 2.66 bits per heavy atom. The van der Waals surface area contributed by atoms with Crippen LogP contribution in [0, 0.1) is 0 Å². The number of anilines is 1. The second-order valence-corrected chi connectivity index (χ2v) is 10.3. The van der Waals surface area contributed by atoms with Gasteiger partial charge in [0.15, 0.2) is 11.7 Å². The smallest absolute Gasteiger partial charge is 0.253 e. The highest BCUT2D eigenvalue weighted by Gasteiger charge is 2.20. The second kappa shape index (κ2) is 11.6. The lowest BCUT2D eigenvalue weighted by atomic mass is 9.83. The summed E-state index contributed by atoms with van der Waals surface area (Å²) in [6.45, 7) is 9.08. The van der Waals surface area contributed by atoms with Crippen LogP contribution in [0.4, 0.5) is 5.69 Å². The molecule has 1 aromatic heterocycles. The number of carbonyl (C=O) groups is 2. The molecule has 35 heavy (non-hydrogen) atoms. The highest BCUT2D eigenvalue weighted by atomic mass is 35.5. The minimum Gasteiger partial charge on any atom is -0.389 e. The standard InChI is InChI=1S/C26H34ClN5O3/c1-5-16(17-6-19(26(2,3)4)10-20(27)7-17)9-22(33)13-29-24(35)18-8-21(12-28-11-18)32-25-30-14-23(34)15-31-25/h6-8,10-12,16,23,34H,5,9,13-15H2,1-4H3,(H,29,35)(H2,30,31,32)/t16-/m1/s1. The van der Waals surface area contributed by atoms with Crippen molar-refractivity contribution in [3.8, 4) is 0 Å². The van der Waals surface area contributed by atoms with Crippen molar-refractivity contribution in [1.82, 2.24) is 15.6 Å². The monoisotopic (exact) mass is 499 g/mol. The van der Waals surface area contributed by atoms with E-state index in [2.05, 4.69) is 52.8 Å². The van der Waals surface area contributed by atoms with Gasteiger partial charge in [0.05, 0.1) is 36.6 Å². The largest absolute Gasteiger partial charge is 0.389 e. The number of carbonyl (C=O) groups excluding carboxylic acids is 2. The molecule has 1 unspecified atom stereocenters. The zero-order valence-corrected chi connectivity index (χ0v) is 21.4. The van der Waals surface area contributed by atoms with Gasteiger partial charge in [0.1, 0.15) is 0 Å². The maximum absolute atomic E-state index is 12.7.